The second kappa shape index (κ2) is 6.80. The van der Waals surface area contributed by atoms with E-state index in [0.717, 1.165) is 45.3 Å². The van der Waals surface area contributed by atoms with Gasteiger partial charge in [0.05, 0.1) is 29.4 Å². The zero-order chi connectivity index (χ0) is 19.3. The van der Waals surface area contributed by atoms with Crippen molar-refractivity contribution in [3.63, 3.8) is 0 Å². The van der Waals surface area contributed by atoms with Crippen molar-refractivity contribution >= 4 is 32.7 Å². The molecule has 0 saturated carbocycles. The highest BCUT2D eigenvalue weighted by Gasteiger charge is 2.29. The number of halogens is 1. The number of rotatable bonds is 4. The van der Waals surface area contributed by atoms with Crippen LogP contribution in [0.5, 0.6) is 0 Å². The number of amides is 1. The van der Waals surface area contributed by atoms with Crippen LogP contribution >= 0.6 is 15.9 Å². The van der Waals surface area contributed by atoms with Crippen molar-refractivity contribution in [3.05, 3.63) is 51.4 Å². The number of carbonyl (C=O) groups excluding carboxylic acids is 1. The van der Waals surface area contributed by atoms with Crippen LogP contribution in [0.25, 0.3) is 10.9 Å². The first kappa shape index (κ1) is 18.3. The van der Waals surface area contributed by atoms with Crippen LogP contribution in [-0.2, 0) is 19.5 Å². The number of nitrogens with zero attached hydrogens (tertiary/aromatic N) is 4. The normalized spacial score (nSPS) is 15.4. The van der Waals surface area contributed by atoms with Crippen LogP contribution in [0.15, 0.2) is 28.7 Å². The molecule has 0 unspecified atom stereocenters. The van der Waals surface area contributed by atoms with Crippen molar-refractivity contribution in [2.75, 3.05) is 13.6 Å². The van der Waals surface area contributed by atoms with E-state index in [4.69, 9.17) is 0 Å². The van der Waals surface area contributed by atoms with Crippen LogP contribution in [0.3, 0.4) is 0 Å². The van der Waals surface area contributed by atoms with Gasteiger partial charge in [-0.05, 0) is 47.8 Å². The summed E-state index contributed by atoms with van der Waals surface area (Å²) in [6.45, 7) is 5.36. The molecular formula is C20H23BrN4O2. The Morgan fingerprint density at radius 1 is 1.26 bits per heavy atom. The largest absolute Gasteiger partial charge is 0.389 e. The Morgan fingerprint density at radius 2 is 2.00 bits per heavy atom. The first-order valence-electron chi connectivity index (χ1n) is 9.11. The molecule has 6 nitrogen and oxygen atoms in total. The number of para-hydroxylation sites is 1. The van der Waals surface area contributed by atoms with E-state index in [-0.39, 0.29) is 5.91 Å². The van der Waals surface area contributed by atoms with Crippen LogP contribution < -0.4 is 0 Å². The standard InChI is InChI=1S/C20H23BrN4O2/c1-12-18(21)13(2)25(22-12)11-14(26)10-24-17-7-5-4-6-15(17)16-8-9-23(3)20(27)19(16)24/h4-7,14,26H,8-11H2,1-3H3/t14-/m0/s1. The van der Waals surface area contributed by atoms with Gasteiger partial charge in [0.1, 0.15) is 5.69 Å². The third-order valence-corrected chi connectivity index (χ3v) is 6.54. The van der Waals surface area contributed by atoms with E-state index < -0.39 is 6.10 Å². The van der Waals surface area contributed by atoms with Crippen molar-refractivity contribution in [3.8, 4) is 0 Å². The summed E-state index contributed by atoms with van der Waals surface area (Å²) in [5, 5.41) is 16.4. The first-order valence-corrected chi connectivity index (χ1v) is 9.91. The molecule has 7 heteroatoms. The number of aliphatic hydroxyl groups excluding tert-OH is 1. The lowest BCUT2D eigenvalue weighted by Crippen LogP contribution is -2.36. The van der Waals surface area contributed by atoms with Crippen molar-refractivity contribution in [1.82, 2.24) is 19.2 Å². The molecule has 1 N–H and O–H groups in total. The van der Waals surface area contributed by atoms with Crippen LogP contribution in [0, 0.1) is 13.8 Å². The van der Waals surface area contributed by atoms with Crippen LogP contribution in [0.2, 0.25) is 0 Å². The van der Waals surface area contributed by atoms with Gasteiger partial charge >= 0.3 is 0 Å². The molecule has 0 fully saturated rings. The molecule has 3 aromatic rings. The van der Waals surface area contributed by atoms with E-state index in [9.17, 15) is 9.90 Å². The summed E-state index contributed by atoms with van der Waals surface area (Å²) in [5.41, 5.74) is 4.69. The molecule has 3 heterocycles. The summed E-state index contributed by atoms with van der Waals surface area (Å²) in [6.07, 6.45) is 0.181. The molecule has 0 aliphatic carbocycles. The number of benzene rings is 1. The van der Waals surface area contributed by atoms with Gasteiger partial charge in [0, 0.05) is 30.2 Å². The van der Waals surface area contributed by atoms with E-state index in [1.54, 1.807) is 4.90 Å². The van der Waals surface area contributed by atoms with Gasteiger partial charge in [-0.1, -0.05) is 18.2 Å². The number of fused-ring (bicyclic) bond motifs is 3. The molecule has 1 aromatic carbocycles. The minimum absolute atomic E-state index is 0.0218. The average molecular weight is 431 g/mol. The number of carbonyl (C=O) groups is 1. The lowest BCUT2D eigenvalue weighted by molar-refractivity contribution is 0.0761. The Labute approximate surface area is 166 Å². The highest BCUT2D eigenvalue weighted by atomic mass is 79.9. The van der Waals surface area contributed by atoms with Crippen LogP contribution in [0.4, 0.5) is 0 Å². The molecule has 0 radical (unpaired) electrons. The Hall–Kier alpha value is -2.12. The Morgan fingerprint density at radius 3 is 2.70 bits per heavy atom. The van der Waals surface area contributed by atoms with Gasteiger partial charge in [-0.15, -0.1) is 0 Å². The van der Waals surface area contributed by atoms with Crippen molar-refractivity contribution in [2.45, 2.75) is 39.5 Å². The molecule has 1 aliphatic heterocycles. The summed E-state index contributed by atoms with van der Waals surface area (Å²) in [5.74, 6) is 0.0218. The van der Waals surface area contributed by atoms with Gasteiger partial charge in [-0.2, -0.15) is 5.10 Å². The topological polar surface area (TPSA) is 63.3 Å². The second-order valence-corrected chi connectivity index (χ2v) is 8.05. The first-order chi connectivity index (χ1) is 12.9. The maximum Gasteiger partial charge on any atom is 0.270 e. The smallest absolute Gasteiger partial charge is 0.270 e. The third kappa shape index (κ3) is 2.99. The molecule has 1 amide bonds. The number of aliphatic hydroxyl groups is 1. The summed E-state index contributed by atoms with van der Waals surface area (Å²) in [4.78, 5) is 14.6. The van der Waals surface area contributed by atoms with Crippen LogP contribution in [-0.4, -0.2) is 50.0 Å². The zero-order valence-electron chi connectivity index (χ0n) is 15.7. The minimum atomic E-state index is -0.658. The van der Waals surface area contributed by atoms with Gasteiger partial charge in [0.2, 0.25) is 0 Å². The highest BCUT2D eigenvalue weighted by molar-refractivity contribution is 9.10. The second-order valence-electron chi connectivity index (χ2n) is 7.25. The SMILES string of the molecule is Cc1nn(C[C@@H](O)Cn2c3c(c4ccccc42)CCN(C)C3=O)c(C)c1Br. The maximum atomic E-state index is 12.8. The molecule has 142 valence electrons. The van der Waals surface area contributed by atoms with E-state index in [1.165, 1.54) is 0 Å². The third-order valence-electron chi connectivity index (χ3n) is 5.39. The molecule has 0 spiro atoms. The predicted octanol–water partition coefficient (Wildman–Crippen LogP) is 2.91. The van der Waals surface area contributed by atoms with Gasteiger partial charge in [-0.3, -0.25) is 9.48 Å². The number of hydrogen-bond acceptors (Lipinski definition) is 3. The number of likely N-dealkylation sites (N-methyl/N-ethyl adjacent to an activating group) is 1. The zero-order valence-corrected chi connectivity index (χ0v) is 17.3. The lowest BCUT2D eigenvalue weighted by Gasteiger charge is -2.25. The number of hydrogen-bond donors (Lipinski definition) is 1. The predicted molar refractivity (Wildman–Crippen MR) is 108 cm³/mol. The van der Waals surface area contributed by atoms with E-state index >= 15 is 0 Å². The molecule has 1 atom stereocenters. The molecule has 2 aromatic heterocycles. The average Bonchev–Trinajstić information content (AvgIpc) is 3.08. The van der Waals surface area contributed by atoms with Crippen molar-refractivity contribution < 1.29 is 9.90 Å². The van der Waals surface area contributed by atoms with Crippen molar-refractivity contribution in [2.24, 2.45) is 0 Å². The van der Waals surface area contributed by atoms with Crippen molar-refractivity contribution in [1.29, 1.82) is 0 Å². The summed E-state index contributed by atoms with van der Waals surface area (Å²) in [6, 6.07) is 8.06. The molecule has 1 aliphatic rings. The summed E-state index contributed by atoms with van der Waals surface area (Å²) < 4.78 is 4.76. The summed E-state index contributed by atoms with van der Waals surface area (Å²) in [7, 11) is 1.83. The fraction of sp³-hybridized carbons (Fsp3) is 0.400. The Kier molecular flexibility index (Phi) is 4.60. The van der Waals surface area contributed by atoms with E-state index in [0.29, 0.717) is 18.8 Å². The quantitative estimate of drug-likeness (QED) is 0.691. The van der Waals surface area contributed by atoms with Gasteiger partial charge in [0.25, 0.3) is 5.91 Å². The molecule has 27 heavy (non-hydrogen) atoms. The fourth-order valence-electron chi connectivity index (χ4n) is 3.95. The van der Waals surface area contributed by atoms with E-state index in [2.05, 4.69) is 27.1 Å². The molecule has 0 saturated heterocycles. The fourth-order valence-corrected chi connectivity index (χ4v) is 4.23. The molecule has 4 rings (SSSR count). The van der Waals surface area contributed by atoms with E-state index in [1.807, 2.05) is 48.3 Å². The number of aryl methyl sites for hydroxylation is 1. The Bertz CT molecular complexity index is 1040. The minimum Gasteiger partial charge on any atom is -0.389 e. The monoisotopic (exact) mass is 430 g/mol. The van der Waals surface area contributed by atoms with Gasteiger partial charge in [-0.25, -0.2) is 0 Å². The summed E-state index contributed by atoms with van der Waals surface area (Å²) >= 11 is 3.53. The Balaban J connectivity index is 1.71. The van der Waals surface area contributed by atoms with Crippen LogP contribution in [0.1, 0.15) is 27.4 Å². The molecular weight excluding hydrogens is 408 g/mol. The lowest BCUT2D eigenvalue weighted by atomic mass is 10.0. The van der Waals surface area contributed by atoms with Gasteiger partial charge < -0.3 is 14.6 Å². The molecule has 0 bridgehead atoms. The highest BCUT2D eigenvalue weighted by Crippen LogP contribution is 2.31. The number of aromatic nitrogens is 3. The van der Waals surface area contributed by atoms with Gasteiger partial charge in [0.15, 0.2) is 0 Å². The maximum absolute atomic E-state index is 12.8.